The summed E-state index contributed by atoms with van der Waals surface area (Å²) in [4.78, 5) is 10.4. The van der Waals surface area contributed by atoms with Crippen molar-refractivity contribution < 1.29 is 9.31 Å². The topological polar surface area (TPSA) is 58.0 Å². The molecular formula is C32H28BN5O2. The van der Waals surface area contributed by atoms with Gasteiger partial charge in [-0.3, -0.25) is 8.80 Å². The van der Waals surface area contributed by atoms with E-state index >= 15 is 0 Å². The normalized spacial score (nSPS) is 16.6. The van der Waals surface area contributed by atoms with Gasteiger partial charge in [0.2, 0.25) is 11.6 Å². The van der Waals surface area contributed by atoms with E-state index in [-0.39, 0.29) is 0 Å². The number of aromatic nitrogens is 5. The quantitative estimate of drug-likeness (QED) is 0.256. The Morgan fingerprint density at radius 2 is 1.05 bits per heavy atom. The van der Waals surface area contributed by atoms with Crippen molar-refractivity contribution in [1.82, 2.24) is 23.3 Å². The third-order valence-electron chi connectivity index (χ3n) is 8.50. The number of nitrogens with zero attached hydrogens (tertiary/aromatic N) is 5. The molecule has 1 fully saturated rings. The number of para-hydroxylation sites is 6. The van der Waals surface area contributed by atoms with Crippen LogP contribution in [0.1, 0.15) is 27.7 Å². The minimum atomic E-state index is -0.480. The molecule has 0 radical (unpaired) electrons. The van der Waals surface area contributed by atoms with E-state index in [4.69, 9.17) is 19.3 Å². The van der Waals surface area contributed by atoms with E-state index < -0.39 is 18.3 Å². The van der Waals surface area contributed by atoms with Crippen LogP contribution in [0.3, 0.4) is 0 Å². The monoisotopic (exact) mass is 525 g/mol. The van der Waals surface area contributed by atoms with Gasteiger partial charge in [-0.05, 0) is 81.7 Å². The summed E-state index contributed by atoms with van der Waals surface area (Å²) in [6, 6.07) is 33.3. The first-order chi connectivity index (χ1) is 19.3. The van der Waals surface area contributed by atoms with Crippen molar-refractivity contribution in [3.8, 4) is 5.69 Å². The van der Waals surface area contributed by atoms with Crippen LogP contribution in [0.4, 0.5) is 0 Å². The molecule has 4 heterocycles. The van der Waals surface area contributed by atoms with Crippen molar-refractivity contribution in [3.05, 3.63) is 97.1 Å². The van der Waals surface area contributed by atoms with Crippen molar-refractivity contribution in [2.45, 2.75) is 38.9 Å². The second kappa shape index (κ2) is 8.07. The Labute approximate surface area is 231 Å². The molecular weight excluding hydrogens is 497 g/mol. The van der Waals surface area contributed by atoms with E-state index in [1.807, 2.05) is 18.2 Å². The maximum absolute atomic E-state index is 6.42. The highest BCUT2D eigenvalue weighted by molar-refractivity contribution is 6.62. The van der Waals surface area contributed by atoms with E-state index in [0.29, 0.717) is 0 Å². The van der Waals surface area contributed by atoms with Crippen LogP contribution in [0.25, 0.3) is 50.3 Å². The molecule has 0 aliphatic carbocycles. The minimum Gasteiger partial charge on any atom is -0.399 e. The van der Waals surface area contributed by atoms with Gasteiger partial charge in [-0.1, -0.05) is 48.5 Å². The lowest BCUT2D eigenvalue weighted by atomic mass is 9.79. The molecule has 196 valence electrons. The fourth-order valence-electron chi connectivity index (χ4n) is 5.75. The molecule has 3 aromatic heterocycles. The first-order valence-corrected chi connectivity index (χ1v) is 13.6. The third kappa shape index (κ3) is 3.20. The van der Waals surface area contributed by atoms with Crippen molar-refractivity contribution in [2.75, 3.05) is 0 Å². The van der Waals surface area contributed by atoms with E-state index in [1.54, 1.807) is 0 Å². The second-order valence-corrected chi connectivity index (χ2v) is 11.5. The van der Waals surface area contributed by atoms with Crippen LogP contribution < -0.4 is 5.46 Å². The summed E-state index contributed by atoms with van der Waals surface area (Å²) in [6.07, 6.45) is 0. The van der Waals surface area contributed by atoms with Crippen LogP contribution in [0.5, 0.6) is 0 Å². The molecule has 1 aliphatic rings. The van der Waals surface area contributed by atoms with Crippen LogP contribution >= 0.6 is 0 Å². The SMILES string of the molecule is CC1(C)OB(c2cccc(-n3c4nc5ccccc5n4c4ccccc4n4c5ccccc5nc34)c2)OC1(C)C. The molecule has 0 spiro atoms. The molecule has 0 saturated carbocycles. The van der Waals surface area contributed by atoms with E-state index in [1.165, 1.54) is 0 Å². The van der Waals surface area contributed by atoms with Crippen LogP contribution in [-0.4, -0.2) is 41.7 Å². The van der Waals surface area contributed by atoms with Gasteiger partial charge in [0.15, 0.2) is 0 Å². The molecule has 4 aromatic carbocycles. The lowest BCUT2D eigenvalue weighted by Gasteiger charge is -2.32. The number of imidazole rings is 2. The number of benzene rings is 4. The van der Waals surface area contributed by atoms with Crippen molar-refractivity contribution in [1.29, 1.82) is 0 Å². The van der Waals surface area contributed by atoms with E-state index in [9.17, 15) is 0 Å². The largest absolute Gasteiger partial charge is 0.494 e. The molecule has 8 rings (SSSR count). The maximum Gasteiger partial charge on any atom is 0.494 e. The molecule has 7 aromatic rings. The molecule has 1 aliphatic heterocycles. The Balaban J connectivity index is 1.53. The number of hydrogen-bond donors (Lipinski definition) is 0. The molecule has 40 heavy (non-hydrogen) atoms. The smallest absolute Gasteiger partial charge is 0.399 e. The summed E-state index contributed by atoms with van der Waals surface area (Å²) in [5.74, 6) is 1.54. The summed E-state index contributed by atoms with van der Waals surface area (Å²) < 4.78 is 19.5. The molecule has 0 amide bonds. The highest BCUT2D eigenvalue weighted by atomic mass is 16.7. The van der Waals surface area contributed by atoms with Gasteiger partial charge in [0.05, 0.1) is 50.0 Å². The minimum absolute atomic E-state index is 0.431. The highest BCUT2D eigenvalue weighted by Gasteiger charge is 2.51. The molecule has 8 heteroatoms. The van der Waals surface area contributed by atoms with Gasteiger partial charge in [-0.2, -0.15) is 0 Å². The maximum atomic E-state index is 6.42. The summed E-state index contributed by atoms with van der Waals surface area (Å²) in [7, 11) is -0.480. The Morgan fingerprint density at radius 3 is 1.57 bits per heavy atom. The highest BCUT2D eigenvalue weighted by Crippen LogP contribution is 2.37. The number of rotatable bonds is 2. The molecule has 7 nitrogen and oxygen atoms in total. The fourth-order valence-corrected chi connectivity index (χ4v) is 5.75. The van der Waals surface area contributed by atoms with E-state index in [2.05, 4.69) is 120 Å². The standard InChI is InChI=1S/C32H28BN5O2/c1-31(2)32(3,4)40-33(39-31)21-12-11-13-22(20-21)36-29-34-23-14-5-7-16-25(23)37(29)27-18-9-10-19-28(27)38-26-17-8-6-15-24(26)35-30(36)38/h5-20H,1-4H3. The molecule has 0 atom stereocenters. The summed E-state index contributed by atoms with van der Waals surface area (Å²) in [6.45, 7) is 8.31. The van der Waals surface area contributed by atoms with Crippen molar-refractivity contribution >= 4 is 57.2 Å². The zero-order chi connectivity index (χ0) is 27.2. The van der Waals surface area contributed by atoms with Crippen LogP contribution in [0.2, 0.25) is 0 Å². The molecule has 1 saturated heterocycles. The van der Waals surface area contributed by atoms with Gasteiger partial charge in [-0.25, -0.2) is 14.5 Å². The number of fused-ring (bicyclic) bond motifs is 9. The predicted octanol–water partition coefficient (Wildman–Crippen LogP) is 6.09. The van der Waals surface area contributed by atoms with Crippen LogP contribution in [-0.2, 0) is 9.31 Å². The summed E-state index contributed by atoms with van der Waals surface area (Å²) in [5, 5.41) is 0. The van der Waals surface area contributed by atoms with Gasteiger partial charge in [0.1, 0.15) is 0 Å². The van der Waals surface area contributed by atoms with E-state index in [0.717, 1.165) is 55.8 Å². The zero-order valence-electron chi connectivity index (χ0n) is 22.9. The van der Waals surface area contributed by atoms with Gasteiger partial charge < -0.3 is 9.31 Å². The van der Waals surface area contributed by atoms with Gasteiger partial charge in [-0.15, -0.1) is 0 Å². The zero-order valence-corrected chi connectivity index (χ0v) is 22.9. The lowest BCUT2D eigenvalue weighted by Crippen LogP contribution is -2.41. The predicted molar refractivity (Wildman–Crippen MR) is 160 cm³/mol. The van der Waals surface area contributed by atoms with Crippen molar-refractivity contribution in [3.63, 3.8) is 0 Å². The third-order valence-corrected chi connectivity index (χ3v) is 8.50. The Bertz CT molecular complexity index is 2020. The second-order valence-electron chi connectivity index (χ2n) is 11.5. The molecule has 0 bridgehead atoms. The molecule has 0 N–H and O–H groups in total. The Kier molecular flexibility index (Phi) is 4.74. The average Bonchev–Trinajstić information content (AvgIpc) is 3.55. The first-order valence-electron chi connectivity index (χ1n) is 13.6. The first kappa shape index (κ1) is 23.5. The van der Waals surface area contributed by atoms with Crippen LogP contribution in [0.15, 0.2) is 97.1 Å². The van der Waals surface area contributed by atoms with Gasteiger partial charge in [0, 0.05) is 0 Å². The summed E-state index contributed by atoms with van der Waals surface area (Å²) >= 11 is 0. The average molecular weight is 525 g/mol. The molecule has 0 unspecified atom stereocenters. The summed E-state index contributed by atoms with van der Waals surface area (Å²) in [5.41, 5.74) is 7.00. The fraction of sp³-hybridized carbons (Fsp3) is 0.188. The lowest BCUT2D eigenvalue weighted by molar-refractivity contribution is 0.00578. The van der Waals surface area contributed by atoms with Crippen molar-refractivity contribution in [2.24, 2.45) is 0 Å². The van der Waals surface area contributed by atoms with Gasteiger partial charge in [0.25, 0.3) is 0 Å². The Hall–Kier alpha value is -4.40. The number of hydrogen-bond acceptors (Lipinski definition) is 4. The van der Waals surface area contributed by atoms with Crippen LogP contribution in [0, 0.1) is 0 Å². The Morgan fingerprint density at radius 1 is 0.575 bits per heavy atom. The van der Waals surface area contributed by atoms with Gasteiger partial charge >= 0.3 is 7.12 Å².